The highest BCUT2D eigenvalue weighted by Crippen LogP contribution is 2.30. The highest BCUT2D eigenvalue weighted by molar-refractivity contribution is 7.94. The maximum atomic E-state index is 11.7. The molecule has 0 aromatic carbocycles. The normalized spacial score (nSPS) is 18.1. The Morgan fingerprint density at radius 3 is 2.94 bits per heavy atom. The van der Waals surface area contributed by atoms with Gasteiger partial charge in [-0.2, -0.15) is 0 Å². The van der Waals surface area contributed by atoms with Crippen molar-refractivity contribution in [2.45, 2.75) is 6.42 Å². The molecule has 0 unspecified atom stereocenters. The lowest BCUT2D eigenvalue weighted by Crippen LogP contribution is -2.19. The quantitative estimate of drug-likeness (QED) is 0.772. The average Bonchev–Trinajstić information content (AvgIpc) is 2.71. The Labute approximate surface area is 102 Å². The van der Waals surface area contributed by atoms with E-state index in [0.29, 0.717) is 16.5 Å². The van der Waals surface area contributed by atoms with Crippen LogP contribution in [0.1, 0.15) is 6.42 Å². The zero-order chi connectivity index (χ0) is 12.2. The second-order valence-electron chi connectivity index (χ2n) is 4.04. The molecule has 4 nitrogen and oxygen atoms in total. The van der Waals surface area contributed by atoms with Crippen LogP contribution in [-0.4, -0.2) is 19.7 Å². The topological polar surface area (TPSA) is 73.0 Å². The van der Waals surface area contributed by atoms with Gasteiger partial charge in [-0.15, -0.1) is 0 Å². The van der Waals surface area contributed by atoms with Crippen molar-refractivity contribution < 1.29 is 8.42 Å². The molecule has 0 fully saturated rings. The van der Waals surface area contributed by atoms with Crippen LogP contribution in [0.3, 0.4) is 0 Å². The van der Waals surface area contributed by atoms with Gasteiger partial charge in [0.05, 0.1) is 14.8 Å². The molecule has 3 rings (SSSR count). The van der Waals surface area contributed by atoms with Gasteiger partial charge in [0.2, 0.25) is 0 Å². The number of hydrogen-bond donors (Lipinski definition) is 1. The maximum Gasteiger partial charge on any atom is 0.181 e. The predicted molar refractivity (Wildman–Crippen MR) is 69.3 cm³/mol. The first-order valence-corrected chi connectivity index (χ1v) is 7.76. The number of nitrogens with two attached hydrogens (primary N) is 1. The molecule has 0 amide bonds. The zero-order valence-electron chi connectivity index (χ0n) is 9.10. The van der Waals surface area contributed by atoms with Crippen molar-refractivity contribution in [2.24, 2.45) is 0 Å². The number of thiazole rings is 1. The number of anilines is 1. The lowest BCUT2D eigenvalue weighted by molar-refractivity contribution is 0.608. The molecule has 1 heterocycles. The Bertz CT molecular complexity index is 795. The van der Waals surface area contributed by atoms with Gasteiger partial charge in [0.1, 0.15) is 0 Å². The second-order valence-corrected chi connectivity index (χ2v) is 7.09. The number of sulfone groups is 1. The van der Waals surface area contributed by atoms with Crippen molar-refractivity contribution in [3.63, 3.8) is 0 Å². The van der Waals surface area contributed by atoms with E-state index in [4.69, 9.17) is 5.73 Å². The summed E-state index contributed by atoms with van der Waals surface area (Å²) >= 11 is 1.39. The number of fused-ring (bicyclic) bond motifs is 2. The van der Waals surface area contributed by atoms with Crippen LogP contribution in [0.5, 0.6) is 0 Å². The third-order valence-corrected chi connectivity index (χ3v) is 4.80. The molecule has 1 aromatic rings. The van der Waals surface area contributed by atoms with Crippen LogP contribution in [0.2, 0.25) is 0 Å². The standard InChI is InChI=1S/C11H10N2O2S2/c1-17(14,15)9-4-2-3-6-7(9)5-8-10(6)13-11(12)16-8/h2,4-5H,3H2,1H3,(H2,12,13). The summed E-state index contributed by atoms with van der Waals surface area (Å²) < 4.78 is 24.3. The fraction of sp³-hybridized carbons (Fsp3) is 0.182. The van der Waals surface area contributed by atoms with E-state index in [9.17, 15) is 8.42 Å². The number of nitrogen functional groups attached to an aromatic ring is 1. The van der Waals surface area contributed by atoms with E-state index in [1.54, 1.807) is 6.08 Å². The van der Waals surface area contributed by atoms with Gasteiger partial charge in [0, 0.05) is 11.8 Å². The molecule has 0 atom stereocenters. The van der Waals surface area contributed by atoms with Gasteiger partial charge in [-0.25, -0.2) is 13.4 Å². The third-order valence-electron chi connectivity index (χ3n) is 2.81. The van der Waals surface area contributed by atoms with Crippen molar-refractivity contribution in [1.82, 2.24) is 4.98 Å². The summed E-state index contributed by atoms with van der Waals surface area (Å²) in [5, 5.41) is 1.36. The molecule has 0 radical (unpaired) electrons. The van der Waals surface area contributed by atoms with Gasteiger partial charge < -0.3 is 5.73 Å². The summed E-state index contributed by atoms with van der Waals surface area (Å²) in [6.45, 7) is 0. The molecule has 2 aliphatic rings. The first-order chi connectivity index (χ1) is 7.97. The van der Waals surface area contributed by atoms with Gasteiger partial charge in [-0.1, -0.05) is 17.4 Å². The lowest BCUT2D eigenvalue weighted by atomic mass is 10.0. The molecule has 0 bridgehead atoms. The van der Waals surface area contributed by atoms with Crippen molar-refractivity contribution in [1.29, 1.82) is 0 Å². The summed E-state index contributed by atoms with van der Waals surface area (Å²) in [5.41, 5.74) is 7.40. The Morgan fingerprint density at radius 2 is 2.24 bits per heavy atom. The summed E-state index contributed by atoms with van der Waals surface area (Å²) in [6.07, 6.45) is 7.34. The van der Waals surface area contributed by atoms with Crippen molar-refractivity contribution in [3.8, 4) is 0 Å². The minimum absolute atomic E-state index is 0.377. The monoisotopic (exact) mass is 266 g/mol. The predicted octanol–water partition coefficient (Wildman–Crippen LogP) is -0.0713. The first kappa shape index (κ1) is 10.7. The Balaban J connectivity index is 2.40. The number of aromatic nitrogens is 1. The molecular formula is C11H10N2O2S2. The molecule has 6 heteroatoms. The van der Waals surface area contributed by atoms with Crippen LogP contribution in [-0.2, 0) is 9.84 Å². The Hall–Kier alpha value is -1.40. The molecule has 1 aromatic heterocycles. The van der Waals surface area contributed by atoms with Crippen LogP contribution in [0.15, 0.2) is 22.6 Å². The van der Waals surface area contributed by atoms with E-state index >= 15 is 0 Å². The largest absolute Gasteiger partial charge is 0.375 e. The molecule has 0 saturated carbocycles. The SMILES string of the molecule is CS(=O)(=O)C1=C2C=c3sc(N)nc3=C2CC=C1. The zero-order valence-corrected chi connectivity index (χ0v) is 10.7. The molecule has 2 aliphatic carbocycles. The molecule has 0 saturated heterocycles. The fourth-order valence-electron chi connectivity index (χ4n) is 2.13. The summed E-state index contributed by atoms with van der Waals surface area (Å²) in [6, 6.07) is 0. The minimum atomic E-state index is -3.20. The highest BCUT2D eigenvalue weighted by atomic mass is 32.2. The van der Waals surface area contributed by atoms with Gasteiger partial charge in [-0.3, -0.25) is 0 Å². The van der Waals surface area contributed by atoms with E-state index in [0.717, 1.165) is 21.0 Å². The number of rotatable bonds is 1. The Morgan fingerprint density at radius 1 is 1.47 bits per heavy atom. The van der Waals surface area contributed by atoms with E-state index in [2.05, 4.69) is 4.98 Å². The minimum Gasteiger partial charge on any atom is -0.375 e. The van der Waals surface area contributed by atoms with Crippen LogP contribution >= 0.6 is 11.3 Å². The fourth-order valence-corrected chi connectivity index (χ4v) is 3.86. The summed E-state index contributed by atoms with van der Waals surface area (Å²) in [4.78, 5) is 4.63. The second kappa shape index (κ2) is 3.30. The van der Waals surface area contributed by atoms with E-state index in [1.807, 2.05) is 12.2 Å². The van der Waals surface area contributed by atoms with Crippen molar-refractivity contribution >= 4 is 38.0 Å². The average molecular weight is 266 g/mol. The first-order valence-electron chi connectivity index (χ1n) is 5.05. The van der Waals surface area contributed by atoms with Gasteiger partial charge in [-0.05, 0) is 24.1 Å². The summed E-state index contributed by atoms with van der Waals surface area (Å²) in [5.74, 6) is 0. The van der Waals surface area contributed by atoms with Crippen LogP contribution < -0.4 is 15.6 Å². The summed E-state index contributed by atoms with van der Waals surface area (Å²) in [7, 11) is -3.20. The van der Waals surface area contributed by atoms with Crippen LogP contribution in [0, 0.1) is 0 Å². The van der Waals surface area contributed by atoms with Crippen LogP contribution in [0.4, 0.5) is 5.13 Å². The molecular weight excluding hydrogens is 256 g/mol. The highest BCUT2D eigenvalue weighted by Gasteiger charge is 2.24. The molecule has 17 heavy (non-hydrogen) atoms. The lowest BCUT2D eigenvalue weighted by Gasteiger charge is -2.12. The third kappa shape index (κ3) is 1.56. The van der Waals surface area contributed by atoms with Crippen molar-refractivity contribution in [3.05, 3.63) is 32.5 Å². The van der Waals surface area contributed by atoms with Crippen molar-refractivity contribution in [2.75, 3.05) is 12.0 Å². The number of allylic oxidation sites excluding steroid dienone is 3. The van der Waals surface area contributed by atoms with Crippen LogP contribution in [0.25, 0.3) is 11.6 Å². The molecule has 2 N–H and O–H groups in total. The van der Waals surface area contributed by atoms with Gasteiger partial charge in [0.15, 0.2) is 15.0 Å². The van der Waals surface area contributed by atoms with E-state index in [1.165, 1.54) is 17.6 Å². The molecule has 0 spiro atoms. The molecule has 0 aliphatic heterocycles. The smallest absolute Gasteiger partial charge is 0.181 e. The number of hydrogen-bond acceptors (Lipinski definition) is 5. The van der Waals surface area contributed by atoms with Gasteiger partial charge in [0.25, 0.3) is 0 Å². The van der Waals surface area contributed by atoms with E-state index in [-0.39, 0.29) is 0 Å². The number of nitrogens with zero attached hydrogens (tertiary/aromatic N) is 1. The Kier molecular flexibility index (Phi) is 2.08. The maximum absolute atomic E-state index is 11.7. The van der Waals surface area contributed by atoms with E-state index < -0.39 is 9.84 Å². The molecule has 88 valence electrons. The van der Waals surface area contributed by atoms with Gasteiger partial charge >= 0.3 is 0 Å².